The smallest absolute Gasteiger partial charge is 0.187 e. The summed E-state index contributed by atoms with van der Waals surface area (Å²) in [5.74, 6) is 1.38. The van der Waals surface area contributed by atoms with Crippen molar-refractivity contribution in [1.82, 2.24) is 19.9 Å². The summed E-state index contributed by atoms with van der Waals surface area (Å²) >= 11 is 0. The quantitative estimate of drug-likeness (QED) is 0.128. The molecule has 2 aromatic heterocycles. The van der Waals surface area contributed by atoms with Crippen LogP contribution < -0.4 is 0 Å². The fourth-order valence-electron chi connectivity index (χ4n) is 18.3. The SMILES string of the molecule is N#Cc1ccc2c(c1)C1(c3ccccc3-c3ccccc31)c1cc(-c3ccc(-c4nc(-c5ccc(-c6ccccc6)cc5)cc(-c5ccc(-c6ccccc6)cc5)n4)cc3)ccc1-2.[C-]#[N+]c1ccc2c(c1)C1(c3ccccc3-c3ccccc31)c1ccc(-c3ccc(-c4cc(-c5ccccc5)nc(-c5ccccc5)n4)cc3)cc1-2. The third-order valence-corrected chi connectivity index (χ3v) is 23.5. The Morgan fingerprint density at radius 1 is 0.211 bits per heavy atom. The molecule has 18 aromatic rings. The highest BCUT2D eigenvalue weighted by atomic mass is 14.9. The molecule has 16 aromatic carbocycles. The van der Waals surface area contributed by atoms with Crippen molar-refractivity contribution in [3.05, 3.63) is 462 Å². The van der Waals surface area contributed by atoms with Crippen LogP contribution in [0, 0.1) is 17.9 Å². The van der Waals surface area contributed by atoms with Gasteiger partial charge in [-0.3, -0.25) is 0 Å². The fourth-order valence-corrected chi connectivity index (χ4v) is 18.3. The van der Waals surface area contributed by atoms with Crippen LogP contribution in [0.2, 0.25) is 0 Å². The minimum Gasteiger partial charge on any atom is -0.238 e. The van der Waals surface area contributed by atoms with Crippen LogP contribution in [-0.2, 0) is 10.8 Å². The lowest BCUT2D eigenvalue weighted by atomic mass is 9.70. The topological polar surface area (TPSA) is 79.7 Å². The van der Waals surface area contributed by atoms with Gasteiger partial charge in [0, 0.05) is 33.4 Å². The van der Waals surface area contributed by atoms with Crippen LogP contribution in [0.25, 0.3) is 162 Å². The summed E-state index contributed by atoms with van der Waals surface area (Å²) in [6, 6.07) is 144. The number of hydrogen-bond acceptors (Lipinski definition) is 5. The molecule has 528 valence electrons. The van der Waals surface area contributed by atoms with E-state index in [0.717, 1.165) is 89.5 Å². The molecule has 0 aliphatic heterocycles. The molecule has 6 heteroatoms. The predicted molar refractivity (Wildman–Crippen MR) is 462 cm³/mol. The van der Waals surface area contributed by atoms with Gasteiger partial charge in [0.25, 0.3) is 0 Å². The Morgan fingerprint density at radius 2 is 0.482 bits per heavy atom. The highest BCUT2D eigenvalue weighted by Crippen LogP contribution is 2.65. The first-order chi connectivity index (χ1) is 56.4. The third-order valence-electron chi connectivity index (χ3n) is 23.5. The summed E-state index contributed by atoms with van der Waals surface area (Å²) in [6.07, 6.45) is 0. The summed E-state index contributed by atoms with van der Waals surface area (Å²) in [5.41, 5.74) is 38.8. The van der Waals surface area contributed by atoms with Crippen LogP contribution in [0.15, 0.2) is 400 Å². The molecule has 0 amide bonds. The third kappa shape index (κ3) is 10.9. The van der Waals surface area contributed by atoms with E-state index >= 15 is 0 Å². The molecule has 6 nitrogen and oxygen atoms in total. The molecule has 0 unspecified atom stereocenters. The highest BCUT2D eigenvalue weighted by molar-refractivity contribution is 5.99. The highest BCUT2D eigenvalue weighted by Gasteiger charge is 2.53. The first-order valence-electron chi connectivity index (χ1n) is 38.6. The van der Waals surface area contributed by atoms with Crippen molar-refractivity contribution in [3.8, 4) is 163 Å². The number of rotatable bonds is 10. The van der Waals surface area contributed by atoms with Gasteiger partial charge in [0.15, 0.2) is 17.3 Å². The Balaban J connectivity index is 0.000000146. The van der Waals surface area contributed by atoms with Crippen LogP contribution in [0.3, 0.4) is 0 Å². The zero-order chi connectivity index (χ0) is 75.9. The summed E-state index contributed by atoms with van der Waals surface area (Å²) in [5, 5.41) is 10.1. The van der Waals surface area contributed by atoms with Crippen LogP contribution in [0.4, 0.5) is 5.69 Å². The Labute approximate surface area is 662 Å². The number of nitriles is 1. The molecule has 2 heterocycles. The largest absolute Gasteiger partial charge is 0.238 e. The van der Waals surface area contributed by atoms with Crippen molar-refractivity contribution >= 4 is 5.69 Å². The van der Waals surface area contributed by atoms with Gasteiger partial charge in [-0.25, -0.2) is 24.8 Å². The first-order valence-corrected chi connectivity index (χ1v) is 38.6. The monoisotopic (exact) mass is 1450 g/mol. The summed E-state index contributed by atoms with van der Waals surface area (Å²) in [7, 11) is 0. The summed E-state index contributed by atoms with van der Waals surface area (Å²) in [6.45, 7) is 7.87. The van der Waals surface area contributed by atoms with Gasteiger partial charge in [0.05, 0.1) is 51.8 Å². The number of fused-ring (bicyclic) bond motifs is 20. The van der Waals surface area contributed by atoms with Crippen molar-refractivity contribution in [3.63, 3.8) is 0 Å². The van der Waals surface area contributed by atoms with Crippen LogP contribution in [-0.4, -0.2) is 19.9 Å². The van der Waals surface area contributed by atoms with E-state index in [9.17, 15) is 5.26 Å². The first kappa shape index (κ1) is 66.8. The Kier molecular flexibility index (Phi) is 16.0. The van der Waals surface area contributed by atoms with E-state index < -0.39 is 10.8 Å². The van der Waals surface area contributed by atoms with Gasteiger partial charge in [-0.15, -0.1) is 0 Å². The molecule has 0 fully saturated rings. The molecular weight excluding hydrogens is 1380 g/mol. The lowest BCUT2D eigenvalue weighted by Gasteiger charge is -2.30. The summed E-state index contributed by atoms with van der Waals surface area (Å²) in [4.78, 5) is 24.3. The van der Waals surface area contributed by atoms with Gasteiger partial charge in [-0.1, -0.05) is 364 Å². The Bertz CT molecular complexity index is 6690. The zero-order valence-corrected chi connectivity index (χ0v) is 61.8. The van der Waals surface area contributed by atoms with Crippen molar-refractivity contribution < 1.29 is 0 Å². The van der Waals surface area contributed by atoms with Crippen molar-refractivity contribution in [2.24, 2.45) is 0 Å². The molecule has 22 rings (SSSR count). The fraction of sp³-hybridized carbons (Fsp3) is 0.0185. The molecule has 0 N–H and O–H groups in total. The van der Waals surface area contributed by atoms with Gasteiger partial charge < -0.3 is 0 Å². The Hall–Kier alpha value is -15.3. The minimum absolute atomic E-state index is 0.471. The molecule has 0 radical (unpaired) electrons. The van der Waals surface area contributed by atoms with Crippen molar-refractivity contribution in [2.75, 3.05) is 0 Å². The maximum absolute atomic E-state index is 10.1. The van der Waals surface area contributed by atoms with Gasteiger partial charge in [0.2, 0.25) is 0 Å². The zero-order valence-electron chi connectivity index (χ0n) is 61.8. The van der Waals surface area contributed by atoms with Gasteiger partial charge in [-0.2, -0.15) is 5.26 Å². The summed E-state index contributed by atoms with van der Waals surface area (Å²) < 4.78 is 0. The second-order valence-electron chi connectivity index (χ2n) is 29.6. The van der Waals surface area contributed by atoms with Gasteiger partial charge >= 0.3 is 0 Å². The van der Waals surface area contributed by atoms with Gasteiger partial charge in [0.1, 0.15) is 0 Å². The van der Waals surface area contributed by atoms with E-state index in [2.05, 4.69) is 351 Å². The van der Waals surface area contributed by atoms with E-state index in [1.807, 2.05) is 60.7 Å². The number of nitrogens with zero attached hydrogens (tertiary/aromatic N) is 6. The normalized spacial score (nSPS) is 12.7. The molecule has 2 spiro atoms. The van der Waals surface area contributed by atoms with E-state index in [0.29, 0.717) is 22.9 Å². The van der Waals surface area contributed by atoms with Crippen LogP contribution in [0.1, 0.15) is 50.1 Å². The average molecular weight is 1450 g/mol. The second kappa shape index (κ2) is 27.3. The van der Waals surface area contributed by atoms with Crippen molar-refractivity contribution in [2.45, 2.75) is 10.8 Å². The molecule has 0 saturated heterocycles. The molecule has 0 bridgehead atoms. The molecule has 0 atom stereocenters. The standard InChI is InChI=1S/C60H37N3.C48H29N3/c61-38-39-19-33-51-52-34-32-48(36-56(52)60(55(51)35-39)53-17-9-7-15-49(53)50-16-8-10-18-54(50)60)44-24-30-47(31-25-44)59-62-57(45-26-20-42(21-27-45)40-11-3-1-4-12-40)37-58(63-59)46-28-22-43(23-29-46)41-13-5-2-6-14-41;1-49-36-25-26-39-40-28-35(24-27-43(40)48(44(39)29-36)41-18-10-8-16-37(41)38-17-9-11-19-42(38)48)31-20-22-33(23-21-31)46-30-45(32-12-4-2-5-13-32)50-47(51-46)34-14-6-3-7-15-34/h1-37H;2-30H. The van der Waals surface area contributed by atoms with E-state index in [-0.39, 0.29) is 0 Å². The maximum Gasteiger partial charge on any atom is 0.187 e. The molecule has 0 saturated carbocycles. The average Bonchev–Trinajstić information content (AvgIpc) is 1.52. The molecule has 4 aliphatic carbocycles. The molecular formula is C108H66N6. The Morgan fingerprint density at radius 3 is 0.921 bits per heavy atom. The van der Waals surface area contributed by atoms with Crippen molar-refractivity contribution in [1.29, 1.82) is 5.26 Å². The lowest BCUT2D eigenvalue weighted by Crippen LogP contribution is -2.26. The second-order valence-corrected chi connectivity index (χ2v) is 29.6. The van der Waals surface area contributed by atoms with Crippen LogP contribution >= 0.6 is 0 Å². The van der Waals surface area contributed by atoms with Crippen LogP contribution in [0.5, 0.6) is 0 Å². The van der Waals surface area contributed by atoms with Gasteiger partial charge in [-0.05, 0) is 170 Å². The maximum atomic E-state index is 10.1. The number of aromatic nitrogens is 4. The molecule has 114 heavy (non-hydrogen) atoms. The van der Waals surface area contributed by atoms with E-state index in [1.165, 1.54) is 100 Å². The lowest BCUT2D eigenvalue weighted by molar-refractivity contribution is 0.793. The number of benzene rings is 16. The van der Waals surface area contributed by atoms with E-state index in [1.54, 1.807) is 0 Å². The molecule has 4 aliphatic rings. The predicted octanol–water partition coefficient (Wildman–Crippen LogP) is 26.7. The van der Waals surface area contributed by atoms with E-state index in [4.69, 9.17) is 26.5 Å². The number of hydrogen-bond donors (Lipinski definition) is 0. The minimum atomic E-state index is -0.538.